The molecule has 6 nitrogen and oxygen atoms in total. The molecule has 0 aliphatic heterocycles. The summed E-state index contributed by atoms with van der Waals surface area (Å²) in [6.07, 6.45) is 3.92. The number of hydrogen-bond donors (Lipinski definition) is 1. The van der Waals surface area contributed by atoms with E-state index in [2.05, 4.69) is 10.2 Å². The summed E-state index contributed by atoms with van der Waals surface area (Å²) in [6, 6.07) is 3.29. The zero-order valence-electron chi connectivity index (χ0n) is 9.00. The molecule has 0 spiro atoms. The molecule has 0 amide bonds. The van der Waals surface area contributed by atoms with Crippen molar-refractivity contribution in [2.75, 3.05) is 5.73 Å². The van der Waals surface area contributed by atoms with Gasteiger partial charge in [-0.25, -0.2) is 4.68 Å². The largest absolute Gasteiger partial charge is 0.397 e. The highest BCUT2D eigenvalue weighted by molar-refractivity contribution is 5.31. The van der Waals surface area contributed by atoms with E-state index in [0.29, 0.717) is 18.7 Å². The van der Waals surface area contributed by atoms with Gasteiger partial charge in [-0.2, -0.15) is 10.2 Å². The van der Waals surface area contributed by atoms with Gasteiger partial charge < -0.3 is 5.73 Å². The van der Waals surface area contributed by atoms with Crippen molar-refractivity contribution in [1.82, 2.24) is 19.6 Å². The van der Waals surface area contributed by atoms with Crippen LogP contribution in [0.1, 0.15) is 5.69 Å². The van der Waals surface area contributed by atoms with Crippen molar-refractivity contribution < 1.29 is 0 Å². The second-order valence-corrected chi connectivity index (χ2v) is 3.55. The molecule has 0 aromatic carbocycles. The molecule has 2 aromatic rings. The first-order valence-electron chi connectivity index (χ1n) is 4.96. The molecule has 0 atom stereocenters. The Kier molecular flexibility index (Phi) is 2.72. The van der Waals surface area contributed by atoms with Crippen LogP contribution in [0.3, 0.4) is 0 Å². The molecule has 2 heterocycles. The van der Waals surface area contributed by atoms with Gasteiger partial charge in [0.05, 0.1) is 18.4 Å². The summed E-state index contributed by atoms with van der Waals surface area (Å²) in [4.78, 5) is 11.5. The van der Waals surface area contributed by atoms with Crippen LogP contribution < -0.4 is 11.3 Å². The van der Waals surface area contributed by atoms with Crippen LogP contribution in [-0.2, 0) is 20.0 Å². The Bertz CT molecular complexity index is 542. The van der Waals surface area contributed by atoms with E-state index >= 15 is 0 Å². The van der Waals surface area contributed by atoms with E-state index in [9.17, 15) is 4.79 Å². The molecule has 0 saturated carbocycles. The van der Waals surface area contributed by atoms with E-state index in [0.717, 1.165) is 5.69 Å². The molecule has 0 fully saturated rings. The first kappa shape index (κ1) is 10.4. The molecule has 0 aliphatic carbocycles. The van der Waals surface area contributed by atoms with Crippen LogP contribution in [0.15, 0.2) is 29.3 Å². The third kappa shape index (κ3) is 2.10. The summed E-state index contributed by atoms with van der Waals surface area (Å²) in [7, 11) is 1.87. The SMILES string of the molecule is Cn1nccc1CCn1ncc(N)cc1=O. The third-order valence-electron chi connectivity index (χ3n) is 2.39. The molecule has 2 N–H and O–H groups in total. The average Bonchev–Trinajstić information content (AvgIpc) is 2.63. The molecule has 0 unspecified atom stereocenters. The fraction of sp³-hybridized carbons (Fsp3) is 0.300. The number of nitrogens with zero attached hydrogens (tertiary/aromatic N) is 4. The van der Waals surface area contributed by atoms with Gasteiger partial charge >= 0.3 is 0 Å². The summed E-state index contributed by atoms with van der Waals surface area (Å²) in [6.45, 7) is 0.526. The molecule has 6 heteroatoms. The lowest BCUT2D eigenvalue weighted by molar-refractivity contribution is 0.558. The van der Waals surface area contributed by atoms with Crippen molar-refractivity contribution >= 4 is 5.69 Å². The molecular formula is C10H13N5O. The van der Waals surface area contributed by atoms with Crippen molar-refractivity contribution in [1.29, 1.82) is 0 Å². The van der Waals surface area contributed by atoms with Crippen LogP contribution >= 0.6 is 0 Å². The smallest absolute Gasteiger partial charge is 0.268 e. The summed E-state index contributed by atoms with van der Waals surface area (Å²) in [5.41, 5.74) is 6.73. The van der Waals surface area contributed by atoms with Gasteiger partial charge in [0.2, 0.25) is 0 Å². The van der Waals surface area contributed by atoms with E-state index < -0.39 is 0 Å². The third-order valence-corrected chi connectivity index (χ3v) is 2.39. The zero-order chi connectivity index (χ0) is 11.5. The number of aromatic nitrogens is 4. The van der Waals surface area contributed by atoms with Gasteiger partial charge in [-0.3, -0.25) is 9.48 Å². The van der Waals surface area contributed by atoms with Crippen LogP contribution in [-0.4, -0.2) is 19.6 Å². The molecule has 0 aliphatic rings. The van der Waals surface area contributed by atoms with E-state index in [1.807, 2.05) is 13.1 Å². The molecule has 0 bridgehead atoms. The van der Waals surface area contributed by atoms with Gasteiger partial charge in [0.1, 0.15) is 0 Å². The maximum absolute atomic E-state index is 11.5. The second kappa shape index (κ2) is 4.18. The molecular weight excluding hydrogens is 206 g/mol. The van der Waals surface area contributed by atoms with Crippen LogP contribution in [0.25, 0.3) is 0 Å². The predicted octanol–water partition coefficient (Wildman–Crippen LogP) is -0.198. The Morgan fingerprint density at radius 3 is 2.88 bits per heavy atom. The van der Waals surface area contributed by atoms with Crippen LogP contribution in [0.2, 0.25) is 0 Å². The molecule has 84 valence electrons. The van der Waals surface area contributed by atoms with Crippen LogP contribution in [0.4, 0.5) is 5.69 Å². The van der Waals surface area contributed by atoms with Gasteiger partial charge in [0.25, 0.3) is 5.56 Å². The van der Waals surface area contributed by atoms with Gasteiger partial charge in [0.15, 0.2) is 0 Å². The Morgan fingerprint density at radius 2 is 2.25 bits per heavy atom. The van der Waals surface area contributed by atoms with Crippen molar-refractivity contribution in [3.05, 3.63) is 40.6 Å². The Labute approximate surface area is 92.3 Å². The van der Waals surface area contributed by atoms with Crippen molar-refractivity contribution in [3.63, 3.8) is 0 Å². The average molecular weight is 219 g/mol. The number of nitrogen functional groups attached to an aromatic ring is 1. The highest BCUT2D eigenvalue weighted by Crippen LogP contribution is 1.99. The number of nitrogens with two attached hydrogens (primary N) is 1. The Hall–Kier alpha value is -2.11. The number of aryl methyl sites for hydroxylation is 3. The first-order chi connectivity index (χ1) is 7.66. The Morgan fingerprint density at radius 1 is 1.44 bits per heavy atom. The normalized spacial score (nSPS) is 10.6. The maximum Gasteiger partial charge on any atom is 0.268 e. The standard InChI is InChI=1S/C10H13N5O/c1-14-9(2-4-12-14)3-5-15-10(16)6-8(11)7-13-15/h2,4,6-7H,3,5,11H2,1H3. The van der Waals surface area contributed by atoms with Gasteiger partial charge in [-0.1, -0.05) is 0 Å². The van der Waals surface area contributed by atoms with E-state index in [-0.39, 0.29) is 5.56 Å². The van der Waals surface area contributed by atoms with Gasteiger partial charge in [0, 0.05) is 31.4 Å². The molecule has 0 saturated heterocycles. The van der Waals surface area contributed by atoms with Crippen molar-refractivity contribution in [2.24, 2.45) is 7.05 Å². The predicted molar refractivity (Wildman–Crippen MR) is 59.8 cm³/mol. The molecule has 2 rings (SSSR count). The minimum absolute atomic E-state index is 0.179. The van der Waals surface area contributed by atoms with E-state index in [1.54, 1.807) is 10.9 Å². The van der Waals surface area contributed by atoms with Gasteiger partial charge in [-0.05, 0) is 6.07 Å². The van der Waals surface area contributed by atoms with E-state index in [4.69, 9.17) is 5.73 Å². The lowest BCUT2D eigenvalue weighted by Gasteiger charge is -2.04. The molecule has 0 radical (unpaired) electrons. The number of hydrogen-bond acceptors (Lipinski definition) is 4. The fourth-order valence-corrected chi connectivity index (χ4v) is 1.48. The van der Waals surface area contributed by atoms with Crippen molar-refractivity contribution in [2.45, 2.75) is 13.0 Å². The van der Waals surface area contributed by atoms with E-state index in [1.165, 1.54) is 16.9 Å². The summed E-state index contributed by atoms with van der Waals surface area (Å²) < 4.78 is 3.17. The monoisotopic (exact) mass is 219 g/mol. The van der Waals surface area contributed by atoms with Crippen LogP contribution in [0, 0.1) is 0 Å². The quantitative estimate of drug-likeness (QED) is 0.775. The fourth-order valence-electron chi connectivity index (χ4n) is 1.48. The first-order valence-corrected chi connectivity index (χ1v) is 4.96. The summed E-state index contributed by atoms with van der Waals surface area (Å²) >= 11 is 0. The van der Waals surface area contributed by atoms with Crippen molar-refractivity contribution in [3.8, 4) is 0 Å². The summed E-state index contributed by atoms with van der Waals surface area (Å²) in [5.74, 6) is 0. The highest BCUT2D eigenvalue weighted by Gasteiger charge is 2.01. The zero-order valence-corrected chi connectivity index (χ0v) is 9.00. The highest BCUT2D eigenvalue weighted by atomic mass is 16.1. The van der Waals surface area contributed by atoms with Gasteiger partial charge in [-0.15, -0.1) is 0 Å². The topological polar surface area (TPSA) is 78.7 Å². The number of rotatable bonds is 3. The maximum atomic E-state index is 11.5. The minimum atomic E-state index is -0.179. The number of anilines is 1. The second-order valence-electron chi connectivity index (χ2n) is 3.55. The lowest BCUT2D eigenvalue weighted by atomic mass is 10.3. The molecule has 16 heavy (non-hydrogen) atoms. The van der Waals surface area contributed by atoms with Crippen LogP contribution in [0.5, 0.6) is 0 Å². The summed E-state index contributed by atoms with van der Waals surface area (Å²) in [5, 5.41) is 8.01. The minimum Gasteiger partial charge on any atom is -0.397 e. The lowest BCUT2D eigenvalue weighted by Crippen LogP contribution is -2.23. The molecule has 2 aromatic heterocycles. The Balaban J connectivity index is 2.11.